The number of hydrogen-bond acceptors (Lipinski definition) is 3. The zero-order valence-electron chi connectivity index (χ0n) is 6.92. The molecule has 0 spiro atoms. The zero-order chi connectivity index (χ0) is 11.8. The minimum Gasteiger partial charge on any atom is -0.225 e. The number of aromatic nitrogens is 1. The minimum absolute atomic E-state index is 0.374. The molecular formula is C6H4F3IN2O2S. The minimum atomic E-state index is -4.39. The van der Waals surface area contributed by atoms with Crippen molar-refractivity contribution >= 4 is 32.6 Å². The molecule has 4 nitrogen and oxygen atoms in total. The molecule has 0 saturated carbocycles. The molecule has 0 amide bonds. The first kappa shape index (κ1) is 12.6. The first-order valence-corrected chi connectivity index (χ1v) is 6.03. The van der Waals surface area contributed by atoms with Gasteiger partial charge in [0, 0.05) is 6.07 Å². The summed E-state index contributed by atoms with van der Waals surface area (Å²) >= 11 is 1.32. The third kappa shape index (κ3) is 2.78. The van der Waals surface area contributed by atoms with Gasteiger partial charge in [0.25, 0.3) is 6.43 Å². The lowest BCUT2D eigenvalue weighted by Gasteiger charge is -2.08. The van der Waals surface area contributed by atoms with E-state index in [4.69, 9.17) is 0 Å². The van der Waals surface area contributed by atoms with Gasteiger partial charge < -0.3 is 0 Å². The van der Waals surface area contributed by atoms with Crippen molar-refractivity contribution in [2.24, 2.45) is 5.14 Å². The Hall–Kier alpha value is -0.420. The van der Waals surface area contributed by atoms with Gasteiger partial charge in [-0.05, 0) is 22.6 Å². The van der Waals surface area contributed by atoms with Crippen molar-refractivity contribution in [2.45, 2.75) is 11.3 Å². The highest BCUT2D eigenvalue weighted by atomic mass is 127. The van der Waals surface area contributed by atoms with E-state index in [1.807, 2.05) is 0 Å². The van der Waals surface area contributed by atoms with Gasteiger partial charge in [0.05, 0.1) is 10.5 Å². The molecule has 0 fully saturated rings. The van der Waals surface area contributed by atoms with E-state index in [9.17, 15) is 21.6 Å². The van der Waals surface area contributed by atoms with Crippen LogP contribution >= 0.6 is 22.6 Å². The predicted octanol–water partition coefficient (Wildman–Crippen LogP) is 1.41. The van der Waals surface area contributed by atoms with Crippen LogP contribution in [0.1, 0.15) is 12.0 Å². The first-order valence-electron chi connectivity index (χ1n) is 3.40. The second-order valence-electron chi connectivity index (χ2n) is 2.49. The van der Waals surface area contributed by atoms with E-state index < -0.39 is 36.6 Å². The van der Waals surface area contributed by atoms with Gasteiger partial charge in [-0.15, -0.1) is 0 Å². The van der Waals surface area contributed by atoms with Gasteiger partial charge in [0.1, 0.15) is 3.70 Å². The highest BCUT2D eigenvalue weighted by molar-refractivity contribution is 14.1. The molecule has 0 aliphatic carbocycles. The molecule has 2 N–H and O–H groups in total. The van der Waals surface area contributed by atoms with Crippen molar-refractivity contribution < 1.29 is 21.6 Å². The van der Waals surface area contributed by atoms with Crippen molar-refractivity contribution in [3.05, 3.63) is 21.3 Å². The lowest BCUT2D eigenvalue weighted by Crippen LogP contribution is -2.17. The van der Waals surface area contributed by atoms with Crippen molar-refractivity contribution in [2.75, 3.05) is 0 Å². The third-order valence-electron chi connectivity index (χ3n) is 1.47. The van der Waals surface area contributed by atoms with Crippen LogP contribution in [-0.2, 0) is 10.0 Å². The maximum absolute atomic E-state index is 12.7. The van der Waals surface area contributed by atoms with Crippen LogP contribution in [0.15, 0.2) is 11.0 Å². The summed E-state index contributed by atoms with van der Waals surface area (Å²) in [6.45, 7) is 0. The van der Waals surface area contributed by atoms with E-state index in [0.29, 0.717) is 6.07 Å². The van der Waals surface area contributed by atoms with Crippen molar-refractivity contribution in [1.29, 1.82) is 0 Å². The Morgan fingerprint density at radius 3 is 2.40 bits per heavy atom. The topological polar surface area (TPSA) is 73.1 Å². The highest BCUT2D eigenvalue weighted by Gasteiger charge is 2.25. The highest BCUT2D eigenvalue weighted by Crippen LogP contribution is 2.29. The standard InChI is InChI=1S/C6H4F3IN2O2S/c7-3-1-2(15(11,13)14)4(5(8)9)6(10)12-3/h1,5H,(H2,11,13,14). The quantitative estimate of drug-likeness (QED) is 0.646. The van der Waals surface area contributed by atoms with Crippen molar-refractivity contribution in [1.82, 2.24) is 4.98 Å². The molecule has 1 aromatic heterocycles. The fraction of sp³-hybridized carbons (Fsp3) is 0.167. The number of alkyl halides is 2. The average Bonchev–Trinajstić information content (AvgIpc) is 1.99. The number of sulfonamides is 1. The van der Waals surface area contributed by atoms with Crippen LogP contribution in [-0.4, -0.2) is 13.4 Å². The molecule has 0 aliphatic heterocycles. The Balaban J connectivity index is 3.62. The van der Waals surface area contributed by atoms with Gasteiger partial charge in [0.2, 0.25) is 16.0 Å². The SMILES string of the molecule is NS(=O)(=O)c1cc(F)nc(I)c1C(F)F. The average molecular weight is 352 g/mol. The van der Waals surface area contributed by atoms with Crippen LogP contribution in [0.25, 0.3) is 0 Å². The Morgan fingerprint density at radius 2 is 2.00 bits per heavy atom. The second-order valence-corrected chi connectivity index (χ2v) is 5.04. The molecular weight excluding hydrogens is 348 g/mol. The summed E-state index contributed by atoms with van der Waals surface area (Å²) in [6, 6.07) is 0.374. The Morgan fingerprint density at radius 1 is 1.47 bits per heavy atom. The normalized spacial score (nSPS) is 12.1. The van der Waals surface area contributed by atoms with Crippen LogP contribution in [0.2, 0.25) is 0 Å². The van der Waals surface area contributed by atoms with E-state index >= 15 is 0 Å². The van der Waals surface area contributed by atoms with E-state index in [1.165, 1.54) is 22.6 Å². The number of nitrogens with two attached hydrogens (primary N) is 1. The van der Waals surface area contributed by atoms with Gasteiger partial charge in [0.15, 0.2) is 0 Å². The summed E-state index contributed by atoms with van der Waals surface area (Å²) in [5.41, 5.74) is -0.875. The zero-order valence-corrected chi connectivity index (χ0v) is 9.89. The smallest absolute Gasteiger partial charge is 0.225 e. The van der Waals surface area contributed by atoms with Crippen LogP contribution in [0.4, 0.5) is 13.2 Å². The van der Waals surface area contributed by atoms with Crippen LogP contribution in [0.3, 0.4) is 0 Å². The van der Waals surface area contributed by atoms with Crippen LogP contribution in [0.5, 0.6) is 0 Å². The summed E-state index contributed by atoms with van der Waals surface area (Å²) < 4.78 is 59.0. The fourth-order valence-corrected chi connectivity index (χ4v) is 2.60. The molecule has 0 radical (unpaired) electrons. The maximum Gasteiger partial charge on any atom is 0.267 e. The van der Waals surface area contributed by atoms with E-state index in [1.54, 1.807) is 0 Å². The number of primary sulfonamides is 1. The van der Waals surface area contributed by atoms with Crippen LogP contribution in [0, 0.1) is 9.65 Å². The number of halogens is 4. The predicted molar refractivity (Wildman–Crippen MR) is 53.2 cm³/mol. The third-order valence-corrected chi connectivity index (χ3v) is 3.24. The number of pyridine rings is 1. The molecule has 9 heteroatoms. The molecule has 1 rings (SSSR count). The summed E-state index contributed by atoms with van der Waals surface area (Å²) in [4.78, 5) is 2.15. The Bertz CT molecular complexity index is 491. The lowest BCUT2D eigenvalue weighted by atomic mass is 10.3. The molecule has 0 aliphatic rings. The van der Waals surface area contributed by atoms with Gasteiger partial charge in [-0.3, -0.25) is 0 Å². The number of rotatable bonds is 2. The number of hydrogen-bond donors (Lipinski definition) is 1. The van der Waals surface area contributed by atoms with Crippen molar-refractivity contribution in [3.8, 4) is 0 Å². The van der Waals surface area contributed by atoms with Gasteiger partial charge in [-0.25, -0.2) is 27.3 Å². The maximum atomic E-state index is 12.7. The monoisotopic (exact) mass is 352 g/mol. The second kappa shape index (κ2) is 4.22. The number of nitrogens with zero attached hydrogens (tertiary/aromatic N) is 1. The fourth-order valence-electron chi connectivity index (χ4n) is 0.907. The van der Waals surface area contributed by atoms with Gasteiger partial charge in [-0.2, -0.15) is 4.39 Å². The molecule has 0 saturated heterocycles. The molecule has 84 valence electrons. The Kier molecular flexibility index (Phi) is 3.55. The first-order chi connectivity index (χ1) is 6.73. The largest absolute Gasteiger partial charge is 0.267 e. The van der Waals surface area contributed by atoms with Gasteiger partial charge in [-0.1, -0.05) is 0 Å². The van der Waals surface area contributed by atoms with Crippen LogP contribution < -0.4 is 5.14 Å². The summed E-state index contributed by atoms with van der Waals surface area (Å²) in [5, 5.41) is 4.67. The Labute approximate surface area is 96.9 Å². The molecule has 1 heterocycles. The van der Waals surface area contributed by atoms with E-state index in [2.05, 4.69) is 10.1 Å². The summed E-state index contributed by atoms with van der Waals surface area (Å²) in [6.07, 6.45) is -3.08. The lowest BCUT2D eigenvalue weighted by molar-refractivity contribution is 0.146. The summed E-state index contributed by atoms with van der Waals surface area (Å²) in [5.74, 6) is -1.17. The molecule has 0 bridgehead atoms. The van der Waals surface area contributed by atoms with E-state index in [0.717, 1.165) is 0 Å². The molecule has 0 aromatic carbocycles. The molecule has 0 unspecified atom stereocenters. The van der Waals surface area contributed by atoms with Crippen molar-refractivity contribution in [3.63, 3.8) is 0 Å². The van der Waals surface area contributed by atoms with Gasteiger partial charge >= 0.3 is 0 Å². The summed E-state index contributed by atoms with van der Waals surface area (Å²) in [7, 11) is -4.39. The molecule has 15 heavy (non-hydrogen) atoms. The van der Waals surface area contributed by atoms with E-state index in [-0.39, 0.29) is 0 Å². The molecule has 1 aromatic rings. The molecule has 0 atom stereocenters.